The Morgan fingerprint density at radius 1 is 0.850 bits per heavy atom. The molecule has 0 N–H and O–H groups in total. The Balaban J connectivity index is 3.49. The maximum absolute atomic E-state index is 13.0. The predicted molar refractivity (Wildman–Crippen MR) is 45.3 cm³/mol. The van der Waals surface area contributed by atoms with Crippen LogP contribution >= 0.6 is 0 Å². The molecule has 0 aromatic heterocycles. The van der Waals surface area contributed by atoms with Crippen molar-refractivity contribution in [3.63, 3.8) is 0 Å². The van der Waals surface area contributed by atoms with Crippen molar-refractivity contribution in [3.05, 3.63) is 40.7 Å². The highest BCUT2D eigenvalue weighted by atomic mass is 19.4. The zero-order chi connectivity index (χ0) is 15.8. The van der Waals surface area contributed by atoms with Crippen LogP contribution in [0.15, 0.2) is 6.08 Å². The van der Waals surface area contributed by atoms with Crippen molar-refractivity contribution < 1.29 is 45.0 Å². The van der Waals surface area contributed by atoms with Crippen LogP contribution in [0, 0.1) is 29.1 Å². The smallest absolute Gasteiger partial charge is 0.454 e. The summed E-state index contributed by atoms with van der Waals surface area (Å²) < 4.78 is 99.6. The van der Waals surface area contributed by atoms with Crippen molar-refractivity contribution in [1.29, 1.82) is 0 Å². The van der Waals surface area contributed by atoms with Gasteiger partial charge in [0, 0.05) is 5.56 Å². The molecule has 1 rings (SSSR count). The number of allylic oxidation sites excluding steroid dienone is 1. The van der Waals surface area contributed by atoms with Gasteiger partial charge in [-0.05, 0) is 6.08 Å². The summed E-state index contributed by atoms with van der Waals surface area (Å²) >= 11 is 0. The van der Waals surface area contributed by atoms with Crippen molar-refractivity contribution in [1.82, 2.24) is 0 Å². The quantitative estimate of drug-likeness (QED) is 0.276. The number of halogens is 8. The van der Waals surface area contributed by atoms with E-state index in [1.807, 2.05) is 0 Å². The largest absolute Gasteiger partial charge is 0.872 e. The number of benzene rings is 1. The van der Waals surface area contributed by atoms with Gasteiger partial charge >= 0.3 is 6.18 Å². The molecule has 0 bridgehead atoms. The molecule has 0 saturated heterocycles. The van der Waals surface area contributed by atoms with Crippen molar-refractivity contribution in [3.8, 4) is 0 Å². The third-order valence-corrected chi connectivity index (χ3v) is 2.00. The van der Waals surface area contributed by atoms with E-state index in [1.54, 1.807) is 0 Å². The fraction of sp³-hybridized carbons (Fsp3) is 0.100. The van der Waals surface area contributed by atoms with Gasteiger partial charge in [0.1, 0.15) is 0 Å². The highest BCUT2D eigenvalue weighted by Crippen LogP contribution is 2.27. The van der Waals surface area contributed by atoms with Gasteiger partial charge in [-0.1, -0.05) is 5.76 Å². The van der Waals surface area contributed by atoms with E-state index in [-0.39, 0.29) is 0 Å². The van der Waals surface area contributed by atoms with Crippen LogP contribution in [0.25, 0.3) is 5.76 Å². The Kier molecular flexibility index (Phi) is 4.06. The lowest BCUT2D eigenvalue weighted by molar-refractivity contribution is -0.245. The molecule has 0 saturated carbocycles. The first-order chi connectivity index (χ1) is 8.98. The average Bonchev–Trinajstić information content (AvgIpc) is 2.33. The Bertz CT molecular complexity index is 573. The minimum Gasteiger partial charge on any atom is -0.872 e. The SMILES string of the molecule is O=C(/C=C(\[O-])c1c(F)c(F)c(F)c(F)c1F)C(F)(F)F. The summed E-state index contributed by atoms with van der Waals surface area (Å²) in [5.41, 5.74) is -2.14. The molecule has 10 heteroatoms. The van der Waals surface area contributed by atoms with Gasteiger partial charge in [0.15, 0.2) is 23.3 Å². The van der Waals surface area contributed by atoms with Crippen molar-refractivity contribution in [2.45, 2.75) is 6.18 Å². The third-order valence-electron chi connectivity index (χ3n) is 2.00. The van der Waals surface area contributed by atoms with Crippen LogP contribution in [0.1, 0.15) is 5.56 Å². The summed E-state index contributed by atoms with van der Waals surface area (Å²) in [4.78, 5) is 10.4. The molecule has 1 aromatic carbocycles. The Labute approximate surface area is 104 Å². The number of carbonyl (C=O) groups excluding carboxylic acids is 1. The van der Waals surface area contributed by atoms with Gasteiger partial charge in [-0.3, -0.25) is 4.79 Å². The van der Waals surface area contributed by atoms with Crippen LogP contribution in [-0.4, -0.2) is 12.0 Å². The van der Waals surface area contributed by atoms with E-state index in [0.717, 1.165) is 0 Å². The van der Waals surface area contributed by atoms with Gasteiger partial charge in [0.25, 0.3) is 5.78 Å². The topological polar surface area (TPSA) is 40.1 Å². The Hall–Kier alpha value is -2.13. The van der Waals surface area contributed by atoms with Crippen molar-refractivity contribution >= 4 is 11.5 Å². The second kappa shape index (κ2) is 5.10. The van der Waals surface area contributed by atoms with Crippen LogP contribution in [-0.2, 0) is 4.79 Å². The first kappa shape index (κ1) is 15.9. The molecule has 0 heterocycles. The zero-order valence-corrected chi connectivity index (χ0v) is 8.92. The van der Waals surface area contributed by atoms with E-state index in [4.69, 9.17) is 0 Å². The Morgan fingerprint density at radius 2 is 1.20 bits per heavy atom. The highest BCUT2D eigenvalue weighted by Gasteiger charge is 2.36. The molecule has 2 nitrogen and oxygen atoms in total. The molecule has 0 aliphatic rings. The zero-order valence-electron chi connectivity index (χ0n) is 8.92. The predicted octanol–water partition coefficient (Wildman–Crippen LogP) is 2.21. The molecule has 0 radical (unpaired) electrons. The fourth-order valence-electron chi connectivity index (χ4n) is 1.09. The van der Waals surface area contributed by atoms with Crippen LogP contribution < -0.4 is 5.11 Å². The molecule has 0 atom stereocenters. The summed E-state index contributed by atoms with van der Waals surface area (Å²) in [7, 11) is 0. The number of carbonyl (C=O) groups is 1. The van der Waals surface area contributed by atoms with Crippen LogP contribution in [0.3, 0.4) is 0 Å². The molecule has 20 heavy (non-hydrogen) atoms. The van der Waals surface area contributed by atoms with Gasteiger partial charge in [-0.15, -0.1) is 0 Å². The minimum absolute atomic E-state index is 0.807. The molecular weight excluding hydrogens is 304 g/mol. The third kappa shape index (κ3) is 2.73. The summed E-state index contributed by atoms with van der Waals surface area (Å²) in [6.07, 6.45) is -6.34. The lowest BCUT2D eigenvalue weighted by Gasteiger charge is -2.15. The summed E-state index contributed by atoms with van der Waals surface area (Å²) in [5, 5.41) is 11.0. The van der Waals surface area contributed by atoms with E-state index in [0.29, 0.717) is 0 Å². The summed E-state index contributed by atoms with van der Waals surface area (Å²) in [5.74, 6) is -18.0. The van der Waals surface area contributed by atoms with Gasteiger partial charge in [0.05, 0.1) is 0 Å². The lowest BCUT2D eigenvalue weighted by atomic mass is 10.1. The van der Waals surface area contributed by atoms with Gasteiger partial charge in [-0.2, -0.15) is 13.2 Å². The van der Waals surface area contributed by atoms with Gasteiger partial charge in [-0.25, -0.2) is 22.0 Å². The lowest BCUT2D eigenvalue weighted by Crippen LogP contribution is -2.23. The number of ketones is 1. The van der Waals surface area contributed by atoms with Crippen molar-refractivity contribution in [2.75, 3.05) is 0 Å². The maximum atomic E-state index is 13.0. The van der Waals surface area contributed by atoms with E-state index in [9.17, 15) is 45.0 Å². The number of alkyl halides is 3. The molecule has 1 aromatic rings. The summed E-state index contributed by atoms with van der Waals surface area (Å²) in [6, 6.07) is 0. The normalized spacial score (nSPS) is 12.7. The highest BCUT2D eigenvalue weighted by molar-refractivity contribution is 5.99. The molecular formula is C10HF8O2-. The molecule has 110 valence electrons. The first-order valence-corrected chi connectivity index (χ1v) is 4.50. The molecule has 0 fully saturated rings. The molecule has 0 spiro atoms. The standard InChI is InChI=1S/C10H2F8O2/c11-5-4(2(19)1-3(20)10(16,17)18)6(12)8(14)9(15)7(5)13/h1,19H/p-1/b2-1-. The van der Waals surface area contributed by atoms with E-state index in [1.165, 1.54) is 0 Å². The van der Waals surface area contributed by atoms with Gasteiger partial charge in [0.2, 0.25) is 5.82 Å². The van der Waals surface area contributed by atoms with E-state index >= 15 is 0 Å². The molecule has 0 amide bonds. The molecule has 0 aliphatic heterocycles. The maximum Gasteiger partial charge on any atom is 0.454 e. The molecule has 0 aliphatic carbocycles. The van der Waals surface area contributed by atoms with Crippen molar-refractivity contribution in [2.24, 2.45) is 0 Å². The van der Waals surface area contributed by atoms with Crippen LogP contribution in [0.4, 0.5) is 35.1 Å². The van der Waals surface area contributed by atoms with Crippen LogP contribution in [0.2, 0.25) is 0 Å². The van der Waals surface area contributed by atoms with Crippen LogP contribution in [0.5, 0.6) is 0 Å². The first-order valence-electron chi connectivity index (χ1n) is 4.50. The average molecular weight is 305 g/mol. The minimum atomic E-state index is -5.53. The summed E-state index contributed by atoms with van der Waals surface area (Å²) in [6.45, 7) is 0. The second-order valence-corrected chi connectivity index (χ2v) is 3.32. The van der Waals surface area contributed by atoms with E-state index < -0.39 is 58.4 Å². The second-order valence-electron chi connectivity index (χ2n) is 3.32. The van der Waals surface area contributed by atoms with E-state index in [2.05, 4.69) is 0 Å². The van der Waals surface area contributed by atoms with Gasteiger partial charge < -0.3 is 5.11 Å². The Morgan fingerprint density at radius 3 is 1.55 bits per heavy atom. The number of hydrogen-bond acceptors (Lipinski definition) is 2. The number of hydrogen-bond donors (Lipinski definition) is 0. The molecule has 0 unspecified atom stereocenters. The monoisotopic (exact) mass is 305 g/mol. The number of rotatable bonds is 2. The fourth-order valence-corrected chi connectivity index (χ4v) is 1.09.